The van der Waals surface area contributed by atoms with Gasteiger partial charge >= 0.3 is 0 Å². The summed E-state index contributed by atoms with van der Waals surface area (Å²) in [4.78, 5) is 0. The first kappa shape index (κ1) is 16.1. The van der Waals surface area contributed by atoms with Gasteiger partial charge in [0.05, 0.1) is 22.2 Å². The Balaban J connectivity index is 2.47. The van der Waals surface area contributed by atoms with Crippen molar-refractivity contribution in [2.24, 2.45) is 5.73 Å². The van der Waals surface area contributed by atoms with Crippen molar-refractivity contribution in [2.75, 3.05) is 7.11 Å². The second-order valence-electron chi connectivity index (χ2n) is 4.46. The normalized spacial score (nSPS) is 12.1. The van der Waals surface area contributed by atoms with Crippen molar-refractivity contribution in [1.82, 2.24) is 0 Å². The zero-order chi connectivity index (χ0) is 15.6. The molecule has 0 amide bonds. The van der Waals surface area contributed by atoms with E-state index >= 15 is 0 Å². The lowest BCUT2D eigenvalue weighted by Gasteiger charge is -2.17. The summed E-state index contributed by atoms with van der Waals surface area (Å²) in [6, 6.07) is 7.69. The first-order chi connectivity index (χ1) is 9.93. The summed E-state index contributed by atoms with van der Waals surface area (Å²) in [6.07, 6.45) is 0. The monoisotopic (exact) mass is 373 g/mol. The second-order valence-corrected chi connectivity index (χ2v) is 5.72. The molecule has 0 saturated carbocycles. The molecule has 0 unspecified atom stereocenters. The van der Waals surface area contributed by atoms with Gasteiger partial charge in [0.15, 0.2) is 0 Å². The van der Waals surface area contributed by atoms with Crippen LogP contribution in [0, 0.1) is 5.82 Å². The molecule has 0 bridgehead atoms. The Labute approximate surface area is 135 Å². The van der Waals surface area contributed by atoms with Crippen molar-refractivity contribution in [3.63, 3.8) is 0 Å². The molecule has 2 aromatic rings. The maximum atomic E-state index is 13.6. The number of rotatable bonds is 4. The molecule has 2 rings (SSSR count). The van der Waals surface area contributed by atoms with Gasteiger partial charge in [0, 0.05) is 12.1 Å². The SMILES string of the molecule is COc1cccc(Oc2cc(F)c(Cl)cc2Br)c1[C@H](C)N. The van der Waals surface area contributed by atoms with Crippen molar-refractivity contribution in [2.45, 2.75) is 13.0 Å². The van der Waals surface area contributed by atoms with E-state index in [4.69, 9.17) is 26.8 Å². The van der Waals surface area contributed by atoms with Crippen molar-refractivity contribution in [3.8, 4) is 17.2 Å². The molecule has 1 atom stereocenters. The topological polar surface area (TPSA) is 44.5 Å². The summed E-state index contributed by atoms with van der Waals surface area (Å²) in [7, 11) is 1.56. The van der Waals surface area contributed by atoms with Crippen molar-refractivity contribution in [3.05, 3.63) is 51.2 Å². The molecule has 0 fully saturated rings. The summed E-state index contributed by atoms with van der Waals surface area (Å²) < 4.78 is 25.2. The van der Waals surface area contributed by atoms with Crippen molar-refractivity contribution >= 4 is 27.5 Å². The summed E-state index contributed by atoms with van der Waals surface area (Å²) >= 11 is 9.02. The zero-order valence-corrected chi connectivity index (χ0v) is 13.8. The van der Waals surface area contributed by atoms with Crippen LogP contribution in [0.5, 0.6) is 17.2 Å². The highest BCUT2D eigenvalue weighted by molar-refractivity contribution is 9.10. The molecule has 2 aromatic carbocycles. The van der Waals surface area contributed by atoms with Crippen LogP contribution in [0.4, 0.5) is 4.39 Å². The highest BCUT2D eigenvalue weighted by Crippen LogP contribution is 2.39. The smallest absolute Gasteiger partial charge is 0.145 e. The van der Waals surface area contributed by atoms with E-state index in [0.717, 1.165) is 0 Å². The van der Waals surface area contributed by atoms with E-state index < -0.39 is 5.82 Å². The Kier molecular flexibility index (Phi) is 5.08. The fraction of sp³-hybridized carbons (Fsp3) is 0.200. The average Bonchev–Trinajstić information content (AvgIpc) is 2.44. The van der Waals surface area contributed by atoms with E-state index in [-0.39, 0.29) is 11.1 Å². The van der Waals surface area contributed by atoms with Gasteiger partial charge in [0.1, 0.15) is 23.1 Å². The van der Waals surface area contributed by atoms with Crippen LogP contribution in [0.2, 0.25) is 5.02 Å². The third-order valence-corrected chi connectivity index (χ3v) is 3.81. The number of hydrogen-bond acceptors (Lipinski definition) is 3. The number of benzene rings is 2. The van der Waals surface area contributed by atoms with Gasteiger partial charge in [0.25, 0.3) is 0 Å². The average molecular weight is 375 g/mol. The van der Waals surface area contributed by atoms with Gasteiger partial charge in [-0.05, 0) is 41.1 Å². The lowest BCUT2D eigenvalue weighted by atomic mass is 10.1. The van der Waals surface area contributed by atoms with Gasteiger partial charge in [-0.3, -0.25) is 0 Å². The Morgan fingerprint density at radius 2 is 1.90 bits per heavy atom. The van der Waals surface area contributed by atoms with E-state index in [0.29, 0.717) is 27.3 Å². The van der Waals surface area contributed by atoms with Crippen LogP contribution in [0.15, 0.2) is 34.8 Å². The maximum absolute atomic E-state index is 13.6. The fourth-order valence-electron chi connectivity index (χ4n) is 1.94. The summed E-state index contributed by atoms with van der Waals surface area (Å²) in [5, 5.41) is 0.0206. The Bertz CT molecular complexity index is 664. The quantitative estimate of drug-likeness (QED) is 0.761. The predicted octanol–water partition coefficient (Wildman–Crippen LogP) is 5.06. The summed E-state index contributed by atoms with van der Waals surface area (Å²) in [5.41, 5.74) is 6.68. The van der Waals surface area contributed by atoms with Gasteiger partial charge in [0.2, 0.25) is 0 Å². The number of hydrogen-bond donors (Lipinski definition) is 1. The summed E-state index contributed by atoms with van der Waals surface area (Å²) in [5.74, 6) is 0.881. The standard InChI is InChI=1S/C15H14BrClFNO2/c1-8(19)15-12(20-2)4-3-5-13(15)21-14-7-11(18)10(17)6-9(14)16/h3-8H,19H2,1-2H3/t8-/m0/s1. The zero-order valence-electron chi connectivity index (χ0n) is 11.5. The molecule has 3 nitrogen and oxygen atoms in total. The molecule has 0 heterocycles. The molecule has 0 radical (unpaired) electrons. The van der Waals surface area contributed by atoms with Crippen molar-refractivity contribution < 1.29 is 13.9 Å². The molecule has 0 aromatic heterocycles. The van der Waals surface area contributed by atoms with Gasteiger partial charge in [-0.15, -0.1) is 0 Å². The molecular weight excluding hydrogens is 361 g/mol. The fourth-order valence-corrected chi connectivity index (χ4v) is 2.66. The third kappa shape index (κ3) is 3.48. The molecule has 0 aliphatic rings. The van der Waals surface area contributed by atoms with Gasteiger partial charge in [-0.25, -0.2) is 4.39 Å². The second kappa shape index (κ2) is 6.64. The van der Waals surface area contributed by atoms with E-state index in [9.17, 15) is 4.39 Å². The van der Waals surface area contributed by atoms with Crippen LogP contribution >= 0.6 is 27.5 Å². The Morgan fingerprint density at radius 3 is 2.52 bits per heavy atom. The lowest BCUT2D eigenvalue weighted by molar-refractivity contribution is 0.397. The van der Waals surface area contributed by atoms with E-state index in [1.54, 1.807) is 25.3 Å². The van der Waals surface area contributed by atoms with Crippen LogP contribution in [0.3, 0.4) is 0 Å². The Hall–Kier alpha value is -1.30. The highest BCUT2D eigenvalue weighted by Gasteiger charge is 2.17. The first-order valence-electron chi connectivity index (χ1n) is 6.19. The van der Waals surface area contributed by atoms with Crippen LogP contribution in [0.25, 0.3) is 0 Å². The minimum atomic E-state index is -0.555. The summed E-state index contributed by atoms with van der Waals surface area (Å²) in [6.45, 7) is 1.82. The van der Waals surface area contributed by atoms with E-state index in [1.165, 1.54) is 12.1 Å². The van der Waals surface area contributed by atoms with E-state index in [2.05, 4.69) is 15.9 Å². The van der Waals surface area contributed by atoms with Crippen LogP contribution in [-0.2, 0) is 0 Å². The molecule has 0 aliphatic carbocycles. The lowest BCUT2D eigenvalue weighted by Crippen LogP contribution is -2.08. The molecule has 112 valence electrons. The number of nitrogens with two attached hydrogens (primary N) is 1. The molecule has 0 aliphatic heterocycles. The minimum Gasteiger partial charge on any atom is -0.496 e. The Morgan fingerprint density at radius 1 is 1.24 bits per heavy atom. The molecule has 0 saturated heterocycles. The van der Waals surface area contributed by atoms with Crippen LogP contribution < -0.4 is 15.2 Å². The van der Waals surface area contributed by atoms with Crippen molar-refractivity contribution in [1.29, 1.82) is 0 Å². The largest absolute Gasteiger partial charge is 0.496 e. The van der Waals surface area contributed by atoms with Crippen LogP contribution in [0.1, 0.15) is 18.5 Å². The molecular formula is C15H14BrClFNO2. The molecule has 0 spiro atoms. The molecule has 21 heavy (non-hydrogen) atoms. The maximum Gasteiger partial charge on any atom is 0.145 e. The van der Waals surface area contributed by atoms with Gasteiger partial charge in [-0.1, -0.05) is 17.7 Å². The number of methoxy groups -OCH3 is 1. The van der Waals surface area contributed by atoms with Gasteiger partial charge in [-0.2, -0.15) is 0 Å². The third-order valence-electron chi connectivity index (χ3n) is 2.90. The molecule has 6 heteroatoms. The predicted molar refractivity (Wildman–Crippen MR) is 84.8 cm³/mol. The van der Waals surface area contributed by atoms with E-state index in [1.807, 2.05) is 6.92 Å². The first-order valence-corrected chi connectivity index (χ1v) is 7.36. The minimum absolute atomic E-state index is 0.0206. The van der Waals surface area contributed by atoms with Crippen LogP contribution in [-0.4, -0.2) is 7.11 Å². The number of halogens is 3. The van der Waals surface area contributed by atoms with Gasteiger partial charge < -0.3 is 15.2 Å². The number of ether oxygens (including phenoxy) is 2. The highest BCUT2D eigenvalue weighted by atomic mass is 79.9. The molecule has 2 N–H and O–H groups in total.